The molecule has 0 atom stereocenters. The largest absolute Gasteiger partial charge is 0.496 e. The van der Waals surface area contributed by atoms with Crippen molar-refractivity contribution in [3.05, 3.63) is 23.8 Å². The van der Waals surface area contributed by atoms with Crippen LogP contribution in [0.15, 0.2) is 18.2 Å². The summed E-state index contributed by atoms with van der Waals surface area (Å²) in [6.07, 6.45) is 0. The molecular weight excluding hydrogens is 220 g/mol. The van der Waals surface area contributed by atoms with Crippen molar-refractivity contribution in [3.8, 4) is 11.5 Å². The van der Waals surface area contributed by atoms with Gasteiger partial charge >= 0.3 is 0 Å². The van der Waals surface area contributed by atoms with Gasteiger partial charge in [-0.25, -0.2) is 0 Å². The molecule has 0 heterocycles. The number of methoxy groups -OCH3 is 2. The lowest BCUT2D eigenvalue weighted by Crippen LogP contribution is -2.30. The smallest absolute Gasteiger partial charge is 0.258 e. The minimum atomic E-state index is -0.199. The van der Waals surface area contributed by atoms with Crippen molar-refractivity contribution in [2.45, 2.75) is 0 Å². The van der Waals surface area contributed by atoms with Crippen LogP contribution in [0, 0.1) is 0 Å². The zero-order chi connectivity index (χ0) is 12.7. The van der Waals surface area contributed by atoms with Crippen molar-refractivity contribution in [1.29, 1.82) is 0 Å². The van der Waals surface area contributed by atoms with Gasteiger partial charge in [-0.2, -0.15) is 0 Å². The summed E-state index contributed by atoms with van der Waals surface area (Å²) in [5.74, 6) is 0.812. The zero-order valence-electron chi connectivity index (χ0n) is 10.4. The molecule has 94 valence electrons. The van der Waals surface area contributed by atoms with Gasteiger partial charge in [-0.3, -0.25) is 4.79 Å². The fraction of sp³-hybridized carbons (Fsp3) is 0.417. The SMILES string of the molecule is CNCCNC(=O)c1c(OC)cccc1OC. The van der Waals surface area contributed by atoms with Gasteiger partial charge in [-0.1, -0.05) is 6.07 Å². The van der Waals surface area contributed by atoms with Crippen LogP contribution in [0.5, 0.6) is 11.5 Å². The molecule has 1 rings (SSSR count). The van der Waals surface area contributed by atoms with E-state index in [0.717, 1.165) is 0 Å². The Hall–Kier alpha value is -1.75. The van der Waals surface area contributed by atoms with E-state index in [0.29, 0.717) is 30.2 Å². The molecule has 2 N–H and O–H groups in total. The van der Waals surface area contributed by atoms with Crippen LogP contribution in [0.3, 0.4) is 0 Å². The molecule has 0 radical (unpaired) electrons. The van der Waals surface area contributed by atoms with Gasteiger partial charge in [0.15, 0.2) is 0 Å². The van der Waals surface area contributed by atoms with Crippen LogP contribution < -0.4 is 20.1 Å². The van der Waals surface area contributed by atoms with Gasteiger partial charge in [-0.15, -0.1) is 0 Å². The Labute approximate surface area is 101 Å². The molecule has 0 unspecified atom stereocenters. The fourth-order valence-corrected chi connectivity index (χ4v) is 1.46. The summed E-state index contributed by atoms with van der Waals surface area (Å²) in [5.41, 5.74) is 0.425. The van der Waals surface area contributed by atoms with Crippen LogP contribution in [0.2, 0.25) is 0 Å². The first-order valence-corrected chi connectivity index (χ1v) is 5.38. The predicted octanol–water partition coefficient (Wildman–Crippen LogP) is 0.653. The van der Waals surface area contributed by atoms with Crippen LogP contribution >= 0.6 is 0 Å². The quantitative estimate of drug-likeness (QED) is 0.715. The third kappa shape index (κ3) is 3.35. The second-order valence-electron chi connectivity index (χ2n) is 3.40. The fourth-order valence-electron chi connectivity index (χ4n) is 1.46. The number of benzene rings is 1. The molecule has 5 nitrogen and oxygen atoms in total. The van der Waals surface area contributed by atoms with Crippen LogP contribution in [-0.4, -0.2) is 40.3 Å². The first-order chi connectivity index (χ1) is 8.24. The van der Waals surface area contributed by atoms with Crippen LogP contribution in [0.4, 0.5) is 0 Å². The molecule has 1 amide bonds. The highest BCUT2D eigenvalue weighted by molar-refractivity contribution is 5.99. The molecule has 0 spiro atoms. The van der Waals surface area contributed by atoms with E-state index in [1.807, 2.05) is 7.05 Å². The molecule has 17 heavy (non-hydrogen) atoms. The molecule has 1 aromatic rings. The minimum absolute atomic E-state index is 0.199. The molecule has 0 bridgehead atoms. The maximum absolute atomic E-state index is 12.0. The van der Waals surface area contributed by atoms with Gasteiger partial charge in [0.2, 0.25) is 0 Å². The molecule has 0 aliphatic heterocycles. The number of rotatable bonds is 6. The lowest BCUT2D eigenvalue weighted by molar-refractivity contribution is 0.0948. The molecule has 0 aliphatic carbocycles. The van der Waals surface area contributed by atoms with Crippen molar-refractivity contribution in [2.75, 3.05) is 34.4 Å². The molecule has 0 aromatic heterocycles. The van der Waals surface area contributed by atoms with Gasteiger partial charge in [0.05, 0.1) is 14.2 Å². The number of ether oxygens (including phenoxy) is 2. The highest BCUT2D eigenvalue weighted by atomic mass is 16.5. The molecule has 1 aromatic carbocycles. The zero-order valence-corrected chi connectivity index (χ0v) is 10.4. The molecular formula is C12H18N2O3. The van der Waals surface area contributed by atoms with E-state index in [1.165, 1.54) is 14.2 Å². The normalized spacial score (nSPS) is 9.82. The topological polar surface area (TPSA) is 59.6 Å². The Bertz CT molecular complexity index is 358. The third-order valence-electron chi connectivity index (χ3n) is 2.32. The Kier molecular flexibility index (Phi) is 5.29. The molecule has 0 aliphatic rings. The summed E-state index contributed by atoms with van der Waals surface area (Å²) in [6, 6.07) is 5.24. The summed E-state index contributed by atoms with van der Waals surface area (Å²) in [6.45, 7) is 1.26. The van der Waals surface area contributed by atoms with Crippen molar-refractivity contribution < 1.29 is 14.3 Å². The van der Waals surface area contributed by atoms with Gasteiger partial charge in [-0.05, 0) is 19.2 Å². The molecule has 5 heteroatoms. The monoisotopic (exact) mass is 238 g/mol. The summed E-state index contributed by atoms with van der Waals surface area (Å²) in [7, 11) is 4.88. The third-order valence-corrected chi connectivity index (χ3v) is 2.32. The average molecular weight is 238 g/mol. The maximum Gasteiger partial charge on any atom is 0.258 e. The Morgan fingerprint density at radius 3 is 2.24 bits per heavy atom. The Morgan fingerprint density at radius 2 is 1.76 bits per heavy atom. The standard InChI is InChI=1S/C12H18N2O3/c1-13-7-8-14-12(15)11-9(16-2)5-4-6-10(11)17-3/h4-6,13H,7-8H2,1-3H3,(H,14,15). The first-order valence-electron chi connectivity index (χ1n) is 5.38. The van der Waals surface area contributed by atoms with E-state index < -0.39 is 0 Å². The molecule has 0 saturated heterocycles. The van der Waals surface area contributed by atoms with Crippen molar-refractivity contribution in [3.63, 3.8) is 0 Å². The van der Waals surface area contributed by atoms with E-state index >= 15 is 0 Å². The Morgan fingerprint density at radius 1 is 1.18 bits per heavy atom. The van der Waals surface area contributed by atoms with Gasteiger partial charge < -0.3 is 20.1 Å². The summed E-state index contributed by atoms with van der Waals surface area (Å²) >= 11 is 0. The number of carbonyl (C=O) groups excluding carboxylic acids is 1. The second kappa shape index (κ2) is 6.75. The number of nitrogens with one attached hydrogen (secondary N) is 2. The van der Waals surface area contributed by atoms with Gasteiger partial charge in [0, 0.05) is 13.1 Å². The summed E-state index contributed by atoms with van der Waals surface area (Å²) in [4.78, 5) is 12.0. The first kappa shape index (κ1) is 13.3. The van der Waals surface area contributed by atoms with Crippen molar-refractivity contribution in [1.82, 2.24) is 10.6 Å². The summed E-state index contributed by atoms with van der Waals surface area (Å²) in [5, 5.41) is 5.74. The number of likely N-dealkylation sites (N-methyl/N-ethyl adjacent to an activating group) is 1. The lowest BCUT2D eigenvalue weighted by Gasteiger charge is -2.12. The minimum Gasteiger partial charge on any atom is -0.496 e. The van der Waals surface area contributed by atoms with Crippen molar-refractivity contribution >= 4 is 5.91 Å². The number of hydrogen-bond acceptors (Lipinski definition) is 4. The Balaban J connectivity index is 2.89. The summed E-state index contributed by atoms with van der Waals surface area (Å²) < 4.78 is 10.3. The van der Waals surface area contributed by atoms with Crippen LogP contribution in [0.1, 0.15) is 10.4 Å². The maximum atomic E-state index is 12.0. The second-order valence-corrected chi connectivity index (χ2v) is 3.40. The number of carbonyl (C=O) groups is 1. The number of hydrogen-bond donors (Lipinski definition) is 2. The lowest BCUT2D eigenvalue weighted by atomic mass is 10.1. The van der Waals surface area contributed by atoms with Gasteiger partial charge in [0.25, 0.3) is 5.91 Å². The number of amides is 1. The van der Waals surface area contributed by atoms with E-state index in [4.69, 9.17) is 9.47 Å². The van der Waals surface area contributed by atoms with E-state index in [-0.39, 0.29) is 5.91 Å². The highest BCUT2D eigenvalue weighted by Crippen LogP contribution is 2.27. The molecule has 0 saturated carbocycles. The average Bonchev–Trinajstić information content (AvgIpc) is 2.37. The van der Waals surface area contributed by atoms with E-state index in [9.17, 15) is 4.79 Å². The highest BCUT2D eigenvalue weighted by Gasteiger charge is 2.17. The predicted molar refractivity (Wildman–Crippen MR) is 65.8 cm³/mol. The van der Waals surface area contributed by atoms with Crippen LogP contribution in [-0.2, 0) is 0 Å². The molecule has 0 fully saturated rings. The van der Waals surface area contributed by atoms with E-state index in [1.54, 1.807) is 18.2 Å². The van der Waals surface area contributed by atoms with Crippen molar-refractivity contribution in [2.24, 2.45) is 0 Å². The van der Waals surface area contributed by atoms with Gasteiger partial charge in [0.1, 0.15) is 17.1 Å². The van der Waals surface area contributed by atoms with E-state index in [2.05, 4.69) is 10.6 Å². The van der Waals surface area contributed by atoms with Crippen LogP contribution in [0.25, 0.3) is 0 Å².